The quantitative estimate of drug-likeness (QED) is 0.426. The predicted octanol–water partition coefficient (Wildman–Crippen LogP) is 1.00. The molecule has 0 N–H and O–H groups in total. The van der Waals surface area contributed by atoms with E-state index in [-0.39, 0.29) is 17.4 Å². The van der Waals surface area contributed by atoms with Crippen molar-refractivity contribution < 1.29 is 22.1 Å². The van der Waals surface area contributed by atoms with Gasteiger partial charge in [0.25, 0.3) is 10.1 Å². The Labute approximate surface area is 106 Å². The van der Waals surface area contributed by atoms with Crippen LogP contribution in [0.5, 0.6) is 0 Å². The number of fused-ring (bicyclic) bond motifs is 1. The van der Waals surface area contributed by atoms with Crippen LogP contribution >= 0.6 is 0 Å². The Bertz CT molecular complexity index is 537. The summed E-state index contributed by atoms with van der Waals surface area (Å²) in [6.45, 7) is 6.91. The largest absolute Gasteiger partial charge is 0.457 e. The van der Waals surface area contributed by atoms with E-state index in [1.165, 1.54) is 0 Å². The molecule has 0 spiro atoms. The van der Waals surface area contributed by atoms with Crippen LogP contribution in [0.4, 0.5) is 0 Å². The fourth-order valence-electron chi connectivity index (χ4n) is 3.73. The maximum absolute atomic E-state index is 12.0. The van der Waals surface area contributed by atoms with E-state index in [1.807, 2.05) is 6.92 Å². The highest BCUT2D eigenvalue weighted by molar-refractivity contribution is 7.87. The van der Waals surface area contributed by atoms with Gasteiger partial charge in [-0.15, -0.1) is 0 Å². The maximum atomic E-state index is 12.0. The summed E-state index contributed by atoms with van der Waals surface area (Å²) in [4.78, 5) is 11.6. The average Bonchev–Trinajstić information content (AvgIpc) is 2.73. The second-order valence-corrected chi connectivity index (χ2v) is 7.51. The molecule has 5 nitrogen and oxygen atoms in total. The Morgan fingerprint density at radius 2 is 2.17 bits per heavy atom. The van der Waals surface area contributed by atoms with Crippen molar-refractivity contribution in [3.05, 3.63) is 12.2 Å². The minimum atomic E-state index is -3.62. The zero-order valence-corrected chi connectivity index (χ0v) is 11.2. The van der Waals surface area contributed by atoms with Crippen molar-refractivity contribution in [1.82, 2.24) is 0 Å². The third-order valence-corrected chi connectivity index (χ3v) is 6.30. The molecule has 5 atom stereocenters. The van der Waals surface area contributed by atoms with Gasteiger partial charge < -0.3 is 4.74 Å². The van der Waals surface area contributed by atoms with E-state index in [2.05, 4.69) is 6.58 Å². The Balaban J connectivity index is 1.92. The molecule has 1 heterocycles. The minimum Gasteiger partial charge on any atom is -0.457 e. The van der Waals surface area contributed by atoms with Crippen LogP contribution in [0.15, 0.2) is 12.2 Å². The average molecular weight is 272 g/mol. The van der Waals surface area contributed by atoms with E-state index >= 15 is 0 Å². The van der Waals surface area contributed by atoms with Crippen LogP contribution in [0.25, 0.3) is 0 Å². The summed E-state index contributed by atoms with van der Waals surface area (Å²) in [7, 11) is -3.62. The number of ether oxygens (including phenoxy) is 1. The van der Waals surface area contributed by atoms with Gasteiger partial charge in [-0.1, -0.05) is 6.58 Å². The van der Waals surface area contributed by atoms with Crippen LogP contribution < -0.4 is 0 Å². The standard InChI is InChI=1S/C12H16O5S/c1-6(2)11(13)16-9-7-4-8-10(9)18(14,15)17-12(8,3)5-7/h7-10H,1,4-5H2,2-3H3. The number of hydrogen-bond acceptors (Lipinski definition) is 5. The molecule has 3 fully saturated rings. The first kappa shape index (κ1) is 12.2. The topological polar surface area (TPSA) is 69.7 Å². The van der Waals surface area contributed by atoms with E-state index in [0.717, 1.165) is 6.42 Å². The second-order valence-electron chi connectivity index (χ2n) is 5.81. The molecule has 2 bridgehead atoms. The third kappa shape index (κ3) is 1.42. The molecule has 3 rings (SSSR count). The summed E-state index contributed by atoms with van der Waals surface area (Å²) in [5, 5.41) is -0.690. The second kappa shape index (κ2) is 3.36. The number of carbonyl (C=O) groups is 1. The summed E-state index contributed by atoms with van der Waals surface area (Å²) in [6, 6.07) is 0. The maximum Gasteiger partial charge on any atom is 0.333 e. The highest BCUT2D eigenvalue weighted by Gasteiger charge is 2.71. The zero-order valence-electron chi connectivity index (χ0n) is 10.4. The van der Waals surface area contributed by atoms with Gasteiger partial charge in [-0.3, -0.25) is 4.18 Å². The van der Waals surface area contributed by atoms with Crippen LogP contribution in [-0.2, 0) is 23.8 Å². The van der Waals surface area contributed by atoms with Crippen molar-refractivity contribution >= 4 is 16.1 Å². The van der Waals surface area contributed by atoms with Crippen molar-refractivity contribution in [2.75, 3.05) is 0 Å². The molecule has 2 aliphatic carbocycles. The van der Waals surface area contributed by atoms with Gasteiger partial charge in [0.1, 0.15) is 11.4 Å². The van der Waals surface area contributed by atoms with Gasteiger partial charge in [0.15, 0.2) is 0 Å². The van der Waals surface area contributed by atoms with E-state index in [1.54, 1.807) is 6.92 Å². The summed E-state index contributed by atoms with van der Waals surface area (Å²) in [5.41, 5.74) is -0.294. The van der Waals surface area contributed by atoms with Gasteiger partial charge in [0.2, 0.25) is 0 Å². The van der Waals surface area contributed by atoms with Crippen molar-refractivity contribution in [3.63, 3.8) is 0 Å². The van der Waals surface area contributed by atoms with Gasteiger partial charge in [-0.05, 0) is 26.7 Å². The molecule has 3 aliphatic rings. The third-order valence-electron chi connectivity index (χ3n) is 4.42. The summed E-state index contributed by atoms with van der Waals surface area (Å²) < 4.78 is 34.6. The van der Waals surface area contributed by atoms with Crippen LogP contribution in [0.3, 0.4) is 0 Å². The van der Waals surface area contributed by atoms with Crippen LogP contribution in [0.1, 0.15) is 26.7 Å². The lowest BCUT2D eigenvalue weighted by molar-refractivity contribution is -0.147. The van der Waals surface area contributed by atoms with Crippen molar-refractivity contribution in [1.29, 1.82) is 0 Å². The van der Waals surface area contributed by atoms with Crippen LogP contribution in [-0.4, -0.2) is 31.3 Å². The lowest BCUT2D eigenvalue weighted by atomic mass is 9.84. The van der Waals surface area contributed by atoms with E-state index in [0.29, 0.717) is 6.42 Å². The van der Waals surface area contributed by atoms with Gasteiger partial charge in [-0.25, -0.2) is 4.79 Å². The van der Waals surface area contributed by atoms with E-state index in [9.17, 15) is 13.2 Å². The molecule has 1 saturated heterocycles. The Kier molecular flexibility index (Phi) is 2.27. The molecule has 2 saturated carbocycles. The molecule has 0 aromatic heterocycles. The summed E-state index contributed by atoms with van der Waals surface area (Å²) in [5.74, 6) is -0.475. The van der Waals surface area contributed by atoms with E-state index in [4.69, 9.17) is 8.92 Å². The van der Waals surface area contributed by atoms with Gasteiger partial charge in [0, 0.05) is 17.4 Å². The highest BCUT2D eigenvalue weighted by atomic mass is 32.2. The lowest BCUT2D eigenvalue weighted by Crippen LogP contribution is -2.42. The number of carbonyl (C=O) groups excluding carboxylic acids is 1. The molecule has 6 heteroatoms. The molecule has 5 unspecified atom stereocenters. The molecule has 18 heavy (non-hydrogen) atoms. The molecular formula is C12H16O5S. The summed E-state index contributed by atoms with van der Waals surface area (Å²) >= 11 is 0. The van der Waals surface area contributed by atoms with E-state index < -0.39 is 33.0 Å². The Morgan fingerprint density at radius 1 is 1.50 bits per heavy atom. The normalized spacial score (nSPS) is 47.2. The molecule has 0 aromatic rings. The fraction of sp³-hybridized carbons (Fsp3) is 0.750. The molecule has 0 aromatic carbocycles. The smallest absolute Gasteiger partial charge is 0.333 e. The molecule has 0 amide bonds. The Morgan fingerprint density at radius 3 is 2.78 bits per heavy atom. The zero-order chi connectivity index (χ0) is 13.3. The SMILES string of the molecule is C=C(C)C(=O)OC1C2CC3C1S(=O)(=O)OC3(C)C2. The van der Waals surface area contributed by atoms with Crippen LogP contribution in [0, 0.1) is 11.8 Å². The molecule has 0 radical (unpaired) electrons. The first-order chi connectivity index (χ1) is 8.24. The number of hydrogen-bond donors (Lipinski definition) is 0. The van der Waals surface area contributed by atoms with Crippen LogP contribution in [0.2, 0.25) is 0 Å². The summed E-state index contributed by atoms with van der Waals surface area (Å²) in [6.07, 6.45) is 0.829. The fourth-order valence-corrected chi connectivity index (χ4v) is 5.97. The van der Waals surface area contributed by atoms with Crippen molar-refractivity contribution in [3.8, 4) is 0 Å². The van der Waals surface area contributed by atoms with Crippen molar-refractivity contribution in [2.45, 2.75) is 43.6 Å². The van der Waals surface area contributed by atoms with Crippen molar-refractivity contribution in [2.24, 2.45) is 11.8 Å². The molecular weight excluding hydrogens is 256 g/mol. The van der Waals surface area contributed by atoms with Gasteiger partial charge in [0.05, 0.1) is 5.60 Å². The number of rotatable bonds is 2. The highest BCUT2D eigenvalue weighted by Crippen LogP contribution is 2.61. The molecule has 100 valence electrons. The predicted molar refractivity (Wildman–Crippen MR) is 63.1 cm³/mol. The van der Waals surface area contributed by atoms with Gasteiger partial charge in [-0.2, -0.15) is 8.42 Å². The van der Waals surface area contributed by atoms with Gasteiger partial charge >= 0.3 is 5.97 Å². The first-order valence-electron chi connectivity index (χ1n) is 6.05. The first-order valence-corrected chi connectivity index (χ1v) is 7.53. The monoisotopic (exact) mass is 272 g/mol. The number of esters is 1. The Hall–Kier alpha value is -0.880. The lowest BCUT2D eigenvalue weighted by Gasteiger charge is -2.29. The minimum absolute atomic E-state index is 0.0459. The molecule has 1 aliphatic heterocycles.